The molecular weight excluding hydrogens is 354 g/mol. The second-order valence-corrected chi connectivity index (χ2v) is 8.23. The predicted molar refractivity (Wildman–Crippen MR) is 95.4 cm³/mol. The van der Waals surface area contributed by atoms with Crippen LogP contribution in [-0.4, -0.2) is 44.6 Å². The van der Waals surface area contributed by atoms with Crippen LogP contribution in [-0.2, 0) is 32.3 Å². The molecule has 1 heterocycles. The summed E-state index contributed by atoms with van der Waals surface area (Å²) in [7, 11) is -3.42. The summed E-state index contributed by atoms with van der Waals surface area (Å²) in [5, 5.41) is 0. The van der Waals surface area contributed by atoms with Crippen molar-refractivity contribution in [3.63, 3.8) is 0 Å². The van der Waals surface area contributed by atoms with Gasteiger partial charge in [0.1, 0.15) is 0 Å². The van der Waals surface area contributed by atoms with Gasteiger partial charge in [0.05, 0.1) is 10.5 Å². The third-order valence-electron chi connectivity index (χ3n) is 4.31. The smallest absolute Gasteiger partial charge is 0.338 e. The standard InChI is InChI=1S/C19H19NO5S/c1-26(23,24)17-8-4-7-15(11-17)19(22)25-13-18(21)20-10-9-14-5-2-3-6-16(14)12-20/h2-8,11H,9-10,12-13H2,1H3. The van der Waals surface area contributed by atoms with Gasteiger partial charge in [-0.25, -0.2) is 13.2 Å². The number of fused-ring (bicyclic) bond motifs is 1. The quantitative estimate of drug-likeness (QED) is 0.764. The monoisotopic (exact) mass is 373 g/mol. The highest BCUT2D eigenvalue weighted by molar-refractivity contribution is 7.90. The van der Waals surface area contributed by atoms with E-state index in [4.69, 9.17) is 4.74 Å². The highest BCUT2D eigenvalue weighted by atomic mass is 32.2. The largest absolute Gasteiger partial charge is 0.452 e. The van der Waals surface area contributed by atoms with E-state index in [2.05, 4.69) is 0 Å². The van der Waals surface area contributed by atoms with Crippen molar-refractivity contribution >= 4 is 21.7 Å². The predicted octanol–water partition coefficient (Wildman–Crippen LogP) is 1.83. The number of carbonyl (C=O) groups excluding carboxylic acids is 2. The first-order chi connectivity index (χ1) is 12.3. The molecule has 0 saturated heterocycles. The average Bonchev–Trinajstić information content (AvgIpc) is 2.64. The molecule has 0 atom stereocenters. The minimum atomic E-state index is -3.42. The van der Waals surface area contributed by atoms with Gasteiger partial charge in [0.2, 0.25) is 0 Å². The van der Waals surface area contributed by atoms with Crippen LogP contribution in [0.2, 0.25) is 0 Å². The molecule has 0 aromatic heterocycles. The molecule has 6 nitrogen and oxygen atoms in total. The fourth-order valence-corrected chi connectivity index (χ4v) is 3.53. The Bertz CT molecular complexity index is 952. The van der Waals surface area contributed by atoms with Crippen LogP contribution in [0, 0.1) is 0 Å². The van der Waals surface area contributed by atoms with Gasteiger partial charge in [-0.2, -0.15) is 0 Å². The van der Waals surface area contributed by atoms with Gasteiger partial charge in [-0.1, -0.05) is 30.3 Å². The Balaban J connectivity index is 1.61. The molecule has 1 amide bonds. The molecule has 1 aliphatic rings. The van der Waals surface area contributed by atoms with Crippen molar-refractivity contribution in [2.45, 2.75) is 17.9 Å². The number of ether oxygens (including phenoxy) is 1. The van der Waals surface area contributed by atoms with Gasteiger partial charge in [0.15, 0.2) is 16.4 Å². The molecule has 3 rings (SSSR count). The van der Waals surface area contributed by atoms with Crippen molar-refractivity contribution in [3.05, 3.63) is 65.2 Å². The third-order valence-corrected chi connectivity index (χ3v) is 5.42. The first kappa shape index (κ1) is 18.1. The van der Waals surface area contributed by atoms with E-state index in [9.17, 15) is 18.0 Å². The van der Waals surface area contributed by atoms with Gasteiger partial charge in [-0.05, 0) is 35.7 Å². The van der Waals surface area contributed by atoms with Crippen LogP contribution in [0.4, 0.5) is 0 Å². The fourth-order valence-electron chi connectivity index (χ4n) is 2.86. The number of sulfone groups is 1. The van der Waals surface area contributed by atoms with Crippen LogP contribution in [0.5, 0.6) is 0 Å². The summed E-state index contributed by atoms with van der Waals surface area (Å²) in [4.78, 5) is 26.1. The van der Waals surface area contributed by atoms with Crippen LogP contribution in [0.1, 0.15) is 21.5 Å². The van der Waals surface area contributed by atoms with E-state index in [1.165, 1.54) is 29.8 Å². The summed E-state index contributed by atoms with van der Waals surface area (Å²) in [5.74, 6) is -0.992. The molecule has 136 valence electrons. The molecule has 26 heavy (non-hydrogen) atoms. The highest BCUT2D eigenvalue weighted by Crippen LogP contribution is 2.18. The Labute approximate surface area is 152 Å². The molecular formula is C19H19NO5S. The fraction of sp³-hybridized carbons (Fsp3) is 0.263. The van der Waals surface area contributed by atoms with Crippen molar-refractivity contribution in [2.75, 3.05) is 19.4 Å². The van der Waals surface area contributed by atoms with Gasteiger partial charge < -0.3 is 9.64 Å². The van der Waals surface area contributed by atoms with Crippen molar-refractivity contribution in [1.82, 2.24) is 4.90 Å². The van der Waals surface area contributed by atoms with E-state index >= 15 is 0 Å². The molecule has 0 fully saturated rings. The van der Waals surface area contributed by atoms with Gasteiger partial charge in [0, 0.05) is 19.3 Å². The number of benzene rings is 2. The Hall–Kier alpha value is -2.67. The lowest BCUT2D eigenvalue weighted by Gasteiger charge is -2.28. The summed E-state index contributed by atoms with van der Waals surface area (Å²) in [6.07, 6.45) is 1.83. The highest BCUT2D eigenvalue weighted by Gasteiger charge is 2.22. The van der Waals surface area contributed by atoms with E-state index in [0.717, 1.165) is 18.2 Å². The van der Waals surface area contributed by atoms with Crippen molar-refractivity contribution in [3.8, 4) is 0 Å². The Morgan fingerprint density at radius 3 is 2.54 bits per heavy atom. The van der Waals surface area contributed by atoms with Crippen molar-refractivity contribution in [1.29, 1.82) is 0 Å². The van der Waals surface area contributed by atoms with Gasteiger partial charge in [0.25, 0.3) is 5.91 Å². The lowest BCUT2D eigenvalue weighted by Crippen LogP contribution is -2.38. The first-order valence-corrected chi connectivity index (χ1v) is 10.1. The second kappa shape index (κ2) is 7.29. The average molecular weight is 373 g/mol. The van der Waals surface area contributed by atoms with Crippen LogP contribution in [0.3, 0.4) is 0 Å². The normalized spacial score (nSPS) is 13.8. The first-order valence-electron chi connectivity index (χ1n) is 8.16. The molecule has 0 radical (unpaired) electrons. The summed E-state index contributed by atoms with van der Waals surface area (Å²) < 4.78 is 28.2. The van der Waals surface area contributed by atoms with Gasteiger partial charge >= 0.3 is 5.97 Å². The molecule has 0 spiro atoms. The molecule has 7 heteroatoms. The zero-order valence-corrected chi connectivity index (χ0v) is 15.2. The van der Waals surface area contributed by atoms with Crippen LogP contribution >= 0.6 is 0 Å². The summed E-state index contributed by atoms with van der Waals surface area (Å²) in [6.45, 7) is 0.706. The maximum absolute atomic E-state index is 12.3. The number of esters is 1. The molecule has 2 aromatic carbocycles. The SMILES string of the molecule is CS(=O)(=O)c1cccc(C(=O)OCC(=O)N2CCc3ccccc3C2)c1. The van der Waals surface area contributed by atoms with Crippen molar-refractivity contribution < 1.29 is 22.7 Å². The molecule has 1 aliphatic heterocycles. The Morgan fingerprint density at radius 2 is 1.81 bits per heavy atom. The van der Waals surface area contributed by atoms with Gasteiger partial charge in [-0.15, -0.1) is 0 Å². The van der Waals surface area contributed by atoms with E-state index in [-0.39, 0.29) is 23.0 Å². The Morgan fingerprint density at radius 1 is 1.08 bits per heavy atom. The number of hydrogen-bond donors (Lipinski definition) is 0. The number of carbonyl (C=O) groups is 2. The second-order valence-electron chi connectivity index (χ2n) is 6.21. The lowest BCUT2D eigenvalue weighted by atomic mass is 10.00. The number of amides is 1. The third kappa shape index (κ3) is 4.11. The van der Waals surface area contributed by atoms with Crippen molar-refractivity contribution in [2.24, 2.45) is 0 Å². The summed E-state index contributed by atoms with van der Waals surface area (Å²) in [5.41, 5.74) is 2.43. The maximum atomic E-state index is 12.3. The minimum Gasteiger partial charge on any atom is -0.452 e. The molecule has 0 saturated carbocycles. The molecule has 0 aliphatic carbocycles. The molecule has 2 aromatic rings. The van der Waals surface area contributed by atoms with E-state index in [1.807, 2.05) is 24.3 Å². The maximum Gasteiger partial charge on any atom is 0.338 e. The van der Waals surface area contributed by atoms with Crippen LogP contribution in [0.15, 0.2) is 53.4 Å². The van der Waals surface area contributed by atoms with Crippen LogP contribution in [0.25, 0.3) is 0 Å². The summed E-state index contributed by atoms with van der Waals surface area (Å²) in [6, 6.07) is 13.5. The number of rotatable bonds is 4. The van der Waals surface area contributed by atoms with Crippen LogP contribution < -0.4 is 0 Å². The number of hydrogen-bond acceptors (Lipinski definition) is 5. The summed E-state index contributed by atoms with van der Waals surface area (Å²) >= 11 is 0. The van der Waals surface area contributed by atoms with E-state index in [1.54, 1.807) is 4.90 Å². The van der Waals surface area contributed by atoms with E-state index in [0.29, 0.717) is 13.1 Å². The topological polar surface area (TPSA) is 80.7 Å². The zero-order chi connectivity index (χ0) is 18.7. The molecule has 0 N–H and O–H groups in total. The zero-order valence-electron chi connectivity index (χ0n) is 14.3. The number of nitrogens with zero attached hydrogens (tertiary/aromatic N) is 1. The van der Waals surface area contributed by atoms with E-state index < -0.39 is 15.8 Å². The molecule has 0 bridgehead atoms. The molecule has 0 unspecified atom stereocenters. The lowest BCUT2D eigenvalue weighted by molar-refractivity contribution is -0.135. The van der Waals surface area contributed by atoms with Gasteiger partial charge in [-0.3, -0.25) is 4.79 Å². The Kier molecular flexibility index (Phi) is 5.08. The minimum absolute atomic E-state index is 0.0333.